The van der Waals surface area contributed by atoms with Crippen molar-refractivity contribution in [2.75, 3.05) is 0 Å². The lowest BCUT2D eigenvalue weighted by molar-refractivity contribution is -0.250. The molecule has 0 radical (unpaired) electrons. The van der Waals surface area contributed by atoms with E-state index < -0.39 is 17.7 Å². The Morgan fingerprint density at radius 3 is 1.76 bits per heavy atom. The summed E-state index contributed by atoms with van der Waals surface area (Å²) in [5, 5.41) is 0. The standard InChI is InChI=1S/C12H10O5.C2H4.2CH4/c1-8(2)11(14)16-17-12(15)10(13)9-6-4-3-5-7-9;1-2;;/h3-7H,1H2,2H3;1-2H2;2*1H4. The topological polar surface area (TPSA) is 69.7 Å². The van der Waals surface area contributed by atoms with E-state index in [-0.39, 0.29) is 26.0 Å². The number of ketones is 1. The molecule has 0 aliphatic carbocycles. The summed E-state index contributed by atoms with van der Waals surface area (Å²) in [6.07, 6.45) is 0. The fourth-order valence-corrected chi connectivity index (χ4v) is 0.892. The third-order valence-electron chi connectivity index (χ3n) is 1.76. The molecule has 116 valence electrons. The second kappa shape index (κ2) is 12.3. The van der Waals surface area contributed by atoms with Crippen molar-refractivity contribution in [1.82, 2.24) is 0 Å². The highest BCUT2D eigenvalue weighted by atomic mass is 17.2. The van der Waals surface area contributed by atoms with E-state index in [4.69, 9.17) is 0 Å². The Kier molecular flexibility index (Phi) is 13.8. The zero-order valence-electron chi connectivity index (χ0n) is 10.5. The highest BCUT2D eigenvalue weighted by molar-refractivity contribution is 6.40. The normalized spacial score (nSPS) is 7.67. The van der Waals surface area contributed by atoms with Crippen molar-refractivity contribution in [2.24, 2.45) is 0 Å². The predicted octanol–water partition coefficient (Wildman–Crippen LogP) is 3.52. The van der Waals surface area contributed by atoms with E-state index in [9.17, 15) is 14.4 Å². The van der Waals surface area contributed by atoms with Gasteiger partial charge in [0, 0.05) is 11.1 Å². The molecule has 0 amide bonds. The van der Waals surface area contributed by atoms with Crippen LogP contribution in [-0.4, -0.2) is 17.7 Å². The van der Waals surface area contributed by atoms with E-state index >= 15 is 0 Å². The number of hydrogen-bond donors (Lipinski definition) is 0. The van der Waals surface area contributed by atoms with Gasteiger partial charge in [0.15, 0.2) is 0 Å². The van der Waals surface area contributed by atoms with Crippen LogP contribution >= 0.6 is 0 Å². The highest BCUT2D eigenvalue weighted by Gasteiger charge is 2.20. The van der Waals surface area contributed by atoms with Gasteiger partial charge >= 0.3 is 11.9 Å². The number of rotatable bonds is 3. The van der Waals surface area contributed by atoms with Gasteiger partial charge in [0.2, 0.25) is 0 Å². The van der Waals surface area contributed by atoms with Gasteiger partial charge in [-0.25, -0.2) is 19.4 Å². The van der Waals surface area contributed by atoms with Gasteiger partial charge in [-0.1, -0.05) is 51.8 Å². The molecule has 0 N–H and O–H groups in total. The monoisotopic (exact) mass is 294 g/mol. The van der Waals surface area contributed by atoms with Crippen LogP contribution in [0.1, 0.15) is 32.1 Å². The minimum absolute atomic E-state index is 0. The summed E-state index contributed by atoms with van der Waals surface area (Å²) < 4.78 is 0. The molecule has 0 bridgehead atoms. The van der Waals surface area contributed by atoms with Gasteiger partial charge in [0.1, 0.15) is 0 Å². The predicted molar refractivity (Wildman–Crippen MR) is 82.5 cm³/mol. The van der Waals surface area contributed by atoms with Crippen molar-refractivity contribution in [3.63, 3.8) is 0 Å². The number of Topliss-reactive ketones (excluding diaryl/α,β-unsaturated/α-hetero) is 1. The van der Waals surface area contributed by atoms with Crippen LogP contribution in [0.4, 0.5) is 0 Å². The Labute approximate surface area is 125 Å². The summed E-state index contributed by atoms with van der Waals surface area (Å²) in [7, 11) is 0. The summed E-state index contributed by atoms with van der Waals surface area (Å²) in [6, 6.07) is 7.79. The molecular weight excluding hydrogens is 272 g/mol. The summed E-state index contributed by atoms with van der Waals surface area (Å²) in [6.45, 7) is 10.7. The van der Waals surface area contributed by atoms with Gasteiger partial charge in [0.25, 0.3) is 5.78 Å². The van der Waals surface area contributed by atoms with Crippen molar-refractivity contribution in [3.8, 4) is 0 Å². The molecule has 0 heterocycles. The summed E-state index contributed by atoms with van der Waals surface area (Å²) in [5.41, 5.74) is 0.217. The minimum Gasteiger partial charge on any atom is -0.281 e. The number of carbonyl (C=O) groups excluding carboxylic acids is 3. The molecule has 5 nitrogen and oxygen atoms in total. The van der Waals surface area contributed by atoms with E-state index in [0.717, 1.165) is 0 Å². The molecule has 0 spiro atoms. The molecule has 1 aromatic rings. The second-order valence-electron chi connectivity index (χ2n) is 3.22. The Hall–Kier alpha value is -2.69. The third-order valence-corrected chi connectivity index (χ3v) is 1.76. The van der Waals surface area contributed by atoms with Crippen LogP contribution < -0.4 is 0 Å². The fraction of sp³-hybridized carbons (Fsp3) is 0.188. The van der Waals surface area contributed by atoms with Gasteiger partial charge in [-0.15, -0.1) is 13.2 Å². The zero-order valence-corrected chi connectivity index (χ0v) is 10.5. The van der Waals surface area contributed by atoms with Crippen LogP contribution in [0.5, 0.6) is 0 Å². The Bertz CT molecular complexity index is 477. The Morgan fingerprint density at radius 2 is 1.33 bits per heavy atom. The molecule has 0 saturated carbocycles. The first-order valence-electron chi connectivity index (χ1n) is 5.20. The van der Waals surface area contributed by atoms with Gasteiger partial charge < -0.3 is 0 Å². The first kappa shape index (κ1) is 23.4. The van der Waals surface area contributed by atoms with E-state index in [2.05, 4.69) is 29.5 Å². The van der Waals surface area contributed by atoms with Gasteiger partial charge in [-0.05, 0) is 6.92 Å². The molecule has 1 aromatic carbocycles. The number of benzene rings is 1. The van der Waals surface area contributed by atoms with Gasteiger partial charge in [0.05, 0.1) is 0 Å². The molecule has 0 aliphatic rings. The average Bonchev–Trinajstić information content (AvgIpc) is 2.46. The van der Waals surface area contributed by atoms with Crippen molar-refractivity contribution in [2.45, 2.75) is 21.8 Å². The van der Waals surface area contributed by atoms with E-state index in [0.29, 0.717) is 0 Å². The maximum atomic E-state index is 11.4. The van der Waals surface area contributed by atoms with Crippen LogP contribution in [-0.2, 0) is 19.4 Å². The second-order valence-corrected chi connectivity index (χ2v) is 3.22. The summed E-state index contributed by atoms with van der Waals surface area (Å²) >= 11 is 0. The lowest BCUT2D eigenvalue weighted by atomic mass is 10.1. The molecule has 0 atom stereocenters. The average molecular weight is 294 g/mol. The first-order chi connectivity index (χ1) is 9.02. The largest absolute Gasteiger partial charge is 0.426 e. The SMILES string of the molecule is C.C.C=C.C=C(C)C(=O)OOC(=O)C(=O)c1ccccc1. The molecular formula is C16H22O5. The van der Waals surface area contributed by atoms with Crippen molar-refractivity contribution in [3.05, 3.63) is 61.2 Å². The van der Waals surface area contributed by atoms with Crippen molar-refractivity contribution < 1.29 is 24.2 Å². The molecule has 0 aromatic heterocycles. The zero-order chi connectivity index (χ0) is 14.8. The van der Waals surface area contributed by atoms with E-state index in [1.165, 1.54) is 19.1 Å². The molecule has 0 saturated heterocycles. The lowest BCUT2D eigenvalue weighted by Crippen LogP contribution is -2.20. The Morgan fingerprint density at radius 1 is 0.905 bits per heavy atom. The highest BCUT2D eigenvalue weighted by Crippen LogP contribution is 2.02. The fourth-order valence-electron chi connectivity index (χ4n) is 0.892. The van der Waals surface area contributed by atoms with Crippen LogP contribution in [0.2, 0.25) is 0 Å². The van der Waals surface area contributed by atoms with Crippen molar-refractivity contribution in [1.29, 1.82) is 0 Å². The van der Waals surface area contributed by atoms with E-state index in [1.54, 1.807) is 18.2 Å². The summed E-state index contributed by atoms with van der Waals surface area (Å²) in [4.78, 5) is 41.7. The van der Waals surface area contributed by atoms with Gasteiger partial charge in [-0.2, -0.15) is 0 Å². The smallest absolute Gasteiger partial charge is 0.281 e. The van der Waals surface area contributed by atoms with Crippen LogP contribution in [0.25, 0.3) is 0 Å². The minimum atomic E-state index is -1.26. The molecule has 0 aliphatic heterocycles. The van der Waals surface area contributed by atoms with Gasteiger partial charge in [-0.3, -0.25) is 4.79 Å². The van der Waals surface area contributed by atoms with Crippen LogP contribution in [0, 0.1) is 0 Å². The molecule has 0 fully saturated rings. The maximum absolute atomic E-state index is 11.4. The molecule has 0 unspecified atom stereocenters. The summed E-state index contributed by atoms with van der Waals surface area (Å²) in [5.74, 6) is -3.05. The molecule has 1 rings (SSSR count). The van der Waals surface area contributed by atoms with Crippen molar-refractivity contribution >= 4 is 17.7 Å². The maximum Gasteiger partial charge on any atom is 0.426 e. The van der Waals surface area contributed by atoms with E-state index in [1.807, 2.05) is 0 Å². The molecule has 21 heavy (non-hydrogen) atoms. The van der Waals surface area contributed by atoms with Crippen LogP contribution in [0.3, 0.4) is 0 Å². The quantitative estimate of drug-likeness (QED) is 0.213. The number of hydrogen-bond acceptors (Lipinski definition) is 5. The Balaban J connectivity index is -0.000000774. The first-order valence-corrected chi connectivity index (χ1v) is 5.20. The number of carbonyl (C=O) groups is 3. The third kappa shape index (κ3) is 8.15. The van der Waals surface area contributed by atoms with Crippen LogP contribution in [0.15, 0.2) is 55.6 Å². The lowest BCUT2D eigenvalue weighted by Gasteiger charge is -2.01. The molecule has 5 heteroatoms.